The van der Waals surface area contributed by atoms with Crippen molar-refractivity contribution in [3.8, 4) is 0 Å². The molecule has 1 saturated heterocycles. The highest BCUT2D eigenvalue weighted by Gasteiger charge is 2.50. The zero-order valence-corrected chi connectivity index (χ0v) is 10.7. The molecule has 0 unspecified atom stereocenters. The van der Waals surface area contributed by atoms with Gasteiger partial charge >= 0.3 is 12.0 Å². The predicted octanol–water partition coefficient (Wildman–Crippen LogP) is 0.245. The minimum atomic E-state index is -0.799. The summed E-state index contributed by atoms with van der Waals surface area (Å²) in [6.07, 6.45) is 3.24. The molecule has 2 rings (SSSR count). The second kappa shape index (κ2) is 5.14. The van der Waals surface area contributed by atoms with Gasteiger partial charge in [0.15, 0.2) is 0 Å². The topological polar surface area (TPSA) is 81.7 Å². The first-order chi connectivity index (χ1) is 8.55. The summed E-state index contributed by atoms with van der Waals surface area (Å²) in [7, 11) is 1.78. The molecule has 1 heterocycles. The second-order valence-corrected chi connectivity index (χ2v) is 5.34. The van der Waals surface area contributed by atoms with E-state index in [2.05, 4.69) is 10.6 Å². The number of carboxylic acid groups (broad SMARTS) is 1. The van der Waals surface area contributed by atoms with E-state index in [-0.39, 0.29) is 18.6 Å². The van der Waals surface area contributed by atoms with Crippen molar-refractivity contribution in [3.63, 3.8) is 0 Å². The molecule has 1 aliphatic carbocycles. The number of rotatable bonds is 4. The number of nitrogens with one attached hydrogen (secondary N) is 2. The molecule has 6 heteroatoms. The highest BCUT2D eigenvalue weighted by molar-refractivity contribution is 5.80. The van der Waals surface area contributed by atoms with Crippen LogP contribution in [0.15, 0.2) is 0 Å². The highest BCUT2D eigenvalue weighted by atomic mass is 16.4. The zero-order chi connectivity index (χ0) is 13.2. The predicted molar refractivity (Wildman–Crippen MR) is 66.4 cm³/mol. The van der Waals surface area contributed by atoms with Gasteiger partial charge in [-0.15, -0.1) is 0 Å². The summed E-state index contributed by atoms with van der Waals surface area (Å²) >= 11 is 0. The lowest BCUT2D eigenvalue weighted by atomic mass is 10.1. The molecule has 0 aromatic heterocycles. The van der Waals surface area contributed by atoms with Crippen LogP contribution >= 0.6 is 0 Å². The van der Waals surface area contributed by atoms with Gasteiger partial charge in [0.05, 0.1) is 5.41 Å². The Morgan fingerprint density at radius 1 is 1.39 bits per heavy atom. The molecule has 18 heavy (non-hydrogen) atoms. The number of carbonyl (C=O) groups excluding carboxylic acids is 1. The van der Waals surface area contributed by atoms with Gasteiger partial charge in [-0.2, -0.15) is 0 Å². The standard InChI is InChI=1S/C12H21N3O3/c1-15(9-2-6-13-7-3-9)11(18)14-8-12(4-5-12)10(16)17/h9,13H,2-8H2,1H3,(H,14,18)(H,16,17). The van der Waals surface area contributed by atoms with E-state index in [1.54, 1.807) is 11.9 Å². The van der Waals surface area contributed by atoms with Crippen LogP contribution in [-0.4, -0.2) is 54.7 Å². The first kappa shape index (κ1) is 13.1. The Hall–Kier alpha value is -1.30. The largest absolute Gasteiger partial charge is 0.481 e. The van der Waals surface area contributed by atoms with Crippen molar-refractivity contribution in [2.75, 3.05) is 26.7 Å². The van der Waals surface area contributed by atoms with Gasteiger partial charge in [-0.05, 0) is 38.8 Å². The van der Waals surface area contributed by atoms with E-state index in [1.807, 2.05) is 0 Å². The number of carboxylic acids is 1. The number of piperidine rings is 1. The maximum atomic E-state index is 11.9. The fraction of sp³-hybridized carbons (Fsp3) is 0.833. The summed E-state index contributed by atoms with van der Waals surface area (Å²) < 4.78 is 0. The molecule has 2 fully saturated rings. The van der Waals surface area contributed by atoms with E-state index in [9.17, 15) is 9.59 Å². The molecule has 1 aliphatic heterocycles. The molecule has 1 saturated carbocycles. The molecule has 102 valence electrons. The summed E-state index contributed by atoms with van der Waals surface area (Å²) in [5.74, 6) is -0.799. The average molecular weight is 255 g/mol. The number of urea groups is 1. The van der Waals surface area contributed by atoms with Crippen molar-refractivity contribution in [2.24, 2.45) is 5.41 Å². The minimum absolute atomic E-state index is 0.158. The highest BCUT2D eigenvalue weighted by Crippen LogP contribution is 2.45. The summed E-state index contributed by atoms with van der Waals surface area (Å²) in [4.78, 5) is 24.6. The van der Waals surface area contributed by atoms with Gasteiger partial charge in [-0.1, -0.05) is 0 Å². The van der Waals surface area contributed by atoms with E-state index in [1.165, 1.54) is 0 Å². The third-order valence-corrected chi connectivity index (χ3v) is 4.06. The van der Waals surface area contributed by atoms with E-state index in [0.29, 0.717) is 12.8 Å². The number of aliphatic carboxylic acids is 1. The van der Waals surface area contributed by atoms with Gasteiger partial charge in [0.25, 0.3) is 0 Å². The minimum Gasteiger partial charge on any atom is -0.481 e. The molecule has 0 aromatic rings. The Balaban J connectivity index is 1.78. The lowest BCUT2D eigenvalue weighted by Crippen LogP contribution is -2.49. The number of nitrogens with zero attached hydrogens (tertiary/aromatic N) is 1. The Morgan fingerprint density at radius 2 is 2.00 bits per heavy atom. The first-order valence-corrected chi connectivity index (χ1v) is 6.50. The van der Waals surface area contributed by atoms with Gasteiger partial charge < -0.3 is 20.6 Å². The van der Waals surface area contributed by atoms with Crippen LogP contribution in [0.5, 0.6) is 0 Å². The molecule has 6 nitrogen and oxygen atoms in total. The van der Waals surface area contributed by atoms with Crippen molar-refractivity contribution in [1.29, 1.82) is 0 Å². The van der Waals surface area contributed by atoms with Crippen molar-refractivity contribution in [2.45, 2.75) is 31.7 Å². The van der Waals surface area contributed by atoms with Crippen LogP contribution in [-0.2, 0) is 4.79 Å². The van der Waals surface area contributed by atoms with Crippen LogP contribution in [0.3, 0.4) is 0 Å². The normalized spacial score (nSPS) is 22.3. The van der Waals surface area contributed by atoms with Crippen molar-refractivity contribution >= 4 is 12.0 Å². The summed E-state index contributed by atoms with van der Waals surface area (Å²) in [6, 6.07) is 0.0978. The Morgan fingerprint density at radius 3 is 2.50 bits per heavy atom. The molecule has 0 radical (unpaired) electrons. The summed E-state index contributed by atoms with van der Waals surface area (Å²) in [5.41, 5.74) is -0.690. The van der Waals surface area contributed by atoms with Gasteiger partial charge in [-0.3, -0.25) is 4.79 Å². The number of amides is 2. The third kappa shape index (κ3) is 2.75. The third-order valence-electron chi connectivity index (χ3n) is 4.06. The summed E-state index contributed by atoms with van der Waals surface area (Å²) in [6.45, 7) is 2.11. The molecule has 3 N–H and O–H groups in total. The van der Waals surface area contributed by atoms with E-state index < -0.39 is 11.4 Å². The van der Waals surface area contributed by atoms with Gasteiger partial charge in [0.2, 0.25) is 0 Å². The summed E-state index contributed by atoms with van der Waals surface area (Å²) in [5, 5.41) is 15.0. The maximum Gasteiger partial charge on any atom is 0.317 e. The zero-order valence-electron chi connectivity index (χ0n) is 10.7. The number of hydrogen-bond acceptors (Lipinski definition) is 3. The fourth-order valence-corrected chi connectivity index (χ4v) is 2.35. The van der Waals surface area contributed by atoms with Crippen molar-refractivity contribution in [3.05, 3.63) is 0 Å². The van der Waals surface area contributed by atoms with Crippen LogP contribution in [0, 0.1) is 5.41 Å². The van der Waals surface area contributed by atoms with Crippen LogP contribution in [0.1, 0.15) is 25.7 Å². The molecule has 0 aromatic carbocycles. The molecule has 0 bridgehead atoms. The molecular formula is C12H21N3O3. The van der Waals surface area contributed by atoms with Crippen LogP contribution in [0.25, 0.3) is 0 Å². The van der Waals surface area contributed by atoms with E-state index in [4.69, 9.17) is 5.11 Å². The number of carbonyl (C=O) groups is 2. The maximum absolute atomic E-state index is 11.9. The lowest BCUT2D eigenvalue weighted by molar-refractivity contribution is -0.143. The molecule has 2 amide bonds. The second-order valence-electron chi connectivity index (χ2n) is 5.34. The van der Waals surface area contributed by atoms with Gasteiger partial charge in [0.1, 0.15) is 0 Å². The van der Waals surface area contributed by atoms with Gasteiger partial charge in [0, 0.05) is 19.6 Å². The van der Waals surface area contributed by atoms with E-state index >= 15 is 0 Å². The molecular weight excluding hydrogens is 234 g/mol. The lowest BCUT2D eigenvalue weighted by Gasteiger charge is -2.32. The molecule has 0 atom stereocenters. The Kier molecular flexibility index (Phi) is 3.75. The van der Waals surface area contributed by atoms with Crippen LogP contribution in [0.2, 0.25) is 0 Å². The van der Waals surface area contributed by atoms with Crippen molar-refractivity contribution < 1.29 is 14.7 Å². The van der Waals surface area contributed by atoms with Crippen LogP contribution < -0.4 is 10.6 Å². The number of hydrogen-bond donors (Lipinski definition) is 3. The smallest absolute Gasteiger partial charge is 0.317 e. The Labute approximate surface area is 107 Å². The Bertz CT molecular complexity index is 335. The average Bonchev–Trinajstić information content (AvgIpc) is 3.17. The molecule has 0 spiro atoms. The fourth-order valence-electron chi connectivity index (χ4n) is 2.35. The van der Waals surface area contributed by atoms with Crippen LogP contribution in [0.4, 0.5) is 4.79 Å². The van der Waals surface area contributed by atoms with E-state index in [0.717, 1.165) is 25.9 Å². The monoisotopic (exact) mass is 255 g/mol. The first-order valence-electron chi connectivity index (χ1n) is 6.50. The quantitative estimate of drug-likeness (QED) is 0.672. The van der Waals surface area contributed by atoms with Crippen molar-refractivity contribution in [1.82, 2.24) is 15.5 Å². The molecule has 2 aliphatic rings. The SMILES string of the molecule is CN(C(=O)NCC1(C(=O)O)CC1)C1CCNCC1. The van der Waals surface area contributed by atoms with Gasteiger partial charge in [-0.25, -0.2) is 4.79 Å².